The van der Waals surface area contributed by atoms with Crippen LogP contribution >= 0.6 is 11.6 Å². The normalized spacial score (nSPS) is 11.7. The molecule has 0 amide bonds. The van der Waals surface area contributed by atoms with Crippen LogP contribution in [0.5, 0.6) is 0 Å². The fourth-order valence-corrected chi connectivity index (χ4v) is 1.12. The van der Waals surface area contributed by atoms with Crippen molar-refractivity contribution >= 4 is 11.6 Å². The molecule has 0 unspecified atom stereocenters. The molecule has 0 fully saturated rings. The van der Waals surface area contributed by atoms with E-state index < -0.39 is 0 Å². The van der Waals surface area contributed by atoms with Gasteiger partial charge in [-0.05, 0) is 36.4 Å². The molecule has 0 bridgehead atoms. The summed E-state index contributed by atoms with van der Waals surface area (Å²) in [5.74, 6) is 0. The molecule has 65 valence electrons. The Balaban J connectivity index is 2.77. The molecule has 0 aliphatic heterocycles. The van der Waals surface area contributed by atoms with Gasteiger partial charge in [-0.3, -0.25) is 0 Å². The van der Waals surface area contributed by atoms with E-state index in [0.29, 0.717) is 5.28 Å². The molecule has 1 rings (SSSR count). The largest absolute Gasteiger partial charge is 0.227 e. The van der Waals surface area contributed by atoms with Gasteiger partial charge in [-0.2, -0.15) is 0 Å². The molecule has 3 heteroatoms. The minimum Gasteiger partial charge on any atom is -0.227 e. The third kappa shape index (κ3) is 3.18. The summed E-state index contributed by atoms with van der Waals surface area (Å²) in [5.41, 5.74) is 0.938. The molecular weight excluding hydrogens is 172 g/mol. The third-order valence-electron chi connectivity index (χ3n) is 1.34. The van der Waals surface area contributed by atoms with Crippen LogP contribution in [0.4, 0.5) is 0 Å². The Kier molecular flexibility index (Phi) is 2.68. The van der Waals surface area contributed by atoms with Crippen molar-refractivity contribution in [3.05, 3.63) is 30.2 Å². The van der Waals surface area contributed by atoms with Gasteiger partial charge >= 0.3 is 0 Å². The van der Waals surface area contributed by atoms with E-state index in [0.717, 1.165) is 12.1 Å². The van der Waals surface area contributed by atoms with E-state index in [1.807, 2.05) is 6.07 Å². The average molecular weight is 184 g/mol. The summed E-state index contributed by atoms with van der Waals surface area (Å²) in [5, 5.41) is 0.303. The standard InChI is InChI=1S/C9H12ClN2/c1-9(2,3)6-7-4-5-11-8(10)12-7/h4-5H,1,6H2,2-3H3. The Bertz CT molecular complexity index is 265. The minimum atomic E-state index is -0.00230. The van der Waals surface area contributed by atoms with Crippen molar-refractivity contribution in [2.45, 2.75) is 20.3 Å². The lowest BCUT2D eigenvalue weighted by Crippen LogP contribution is -2.10. The highest BCUT2D eigenvalue weighted by Gasteiger charge is 2.12. The Morgan fingerprint density at radius 2 is 2.25 bits per heavy atom. The lowest BCUT2D eigenvalue weighted by atomic mass is 9.90. The number of rotatable bonds is 2. The molecule has 0 aliphatic carbocycles. The van der Waals surface area contributed by atoms with Crippen molar-refractivity contribution < 1.29 is 0 Å². The zero-order valence-electron chi connectivity index (χ0n) is 7.34. The summed E-state index contributed by atoms with van der Waals surface area (Å²) in [6.45, 7) is 8.11. The molecule has 1 aromatic rings. The van der Waals surface area contributed by atoms with Crippen molar-refractivity contribution in [2.75, 3.05) is 0 Å². The molecule has 1 heterocycles. The van der Waals surface area contributed by atoms with Gasteiger partial charge in [0.05, 0.1) is 0 Å². The van der Waals surface area contributed by atoms with Crippen LogP contribution in [0.15, 0.2) is 12.3 Å². The van der Waals surface area contributed by atoms with Gasteiger partial charge in [-0.15, -0.1) is 0 Å². The number of hydrogen-bond acceptors (Lipinski definition) is 2. The maximum atomic E-state index is 5.63. The highest BCUT2D eigenvalue weighted by atomic mass is 35.5. The SMILES string of the molecule is [CH2]C(C)(C)Cc1ccnc(Cl)n1. The quantitative estimate of drug-likeness (QED) is 0.659. The first-order valence-corrected chi connectivity index (χ1v) is 4.18. The number of hydrogen-bond donors (Lipinski definition) is 0. The van der Waals surface area contributed by atoms with E-state index >= 15 is 0 Å². The van der Waals surface area contributed by atoms with E-state index in [1.54, 1.807) is 6.20 Å². The second kappa shape index (κ2) is 3.40. The summed E-state index contributed by atoms with van der Waals surface area (Å²) in [4.78, 5) is 7.88. The highest BCUT2D eigenvalue weighted by molar-refractivity contribution is 6.28. The fourth-order valence-electron chi connectivity index (χ4n) is 0.958. The van der Waals surface area contributed by atoms with Crippen molar-refractivity contribution in [1.82, 2.24) is 9.97 Å². The maximum Gasteiger partial charge on any atom is 0.222 e. The zero-order chi connectivity index (χ0) is 9.19. The van der Waals surface area contributed by atoms with Gasteiger partial charge in [0.15, 0.2) is 0 Å². The van der Waals surface area contributed by atoms with Crippen LogP contribution in [-0.2, 0) is 6.42 Å². The Hall–Kier alpha value is -0.630. The monoisotopic (exact) mass is 183 g/mol. The van der Waals surface area contributed by atoms with Crippen LogP contribution in [0.25, 0.3) is 0 Å². The second-order valence-electron chi connectivity index (χ2n) is 3.66. The van der Waals surface area contributed by atoms with Gasteiger partial charge in [0.2, 0.25) is 5.28 Å². The second-order valence-corrected chi connectivity index (χ2v) is 4.00. The molecule has 0 saturated heterocycles. The molecule has 0 N–H and O–H groups in total. The number of aromatic nitrogens is 2. The Labute approximate surface area is 78.0 Å². The minimum absolute atomic E-state index is 0.00230. The van der Waals surface area contributed by atoms with Gasteiger partial charge in [0.25, 0.3) is 0 Å². The lowest BCUT2D eigenvalue weighted by Gasteiger charge is -2.16. The van der Waals surface area contributed by atoms with E-state index in [1.165, 1.54) is 0 Å². The van der Waals surface area contributed by atoms with E-state index in [-0.39, 0.29) is 5.41 Å². The predicted molar refractivity (Wildman–Crippen MR) is 49.9 cm³/mol. The van der Waals surface area contributed by atoms with Crippen LogP contribution in [0, 0.1) is 12.3 Å². The summed E-state index contributed by atoms with van der Waals surface area (Å²) < 4.78 is 0. The van der Waals surface area contributed by atoms with Crippen molar-refractivity contribution in [3.63, 3.8) is 0 Å². The maximum absolute atomic E-state index is 5.63. The summed E-state index contributed by atoms with van der Waals surface area (Å²) in [7, 11) is 0. The molecule has 0 aliphatic rings. The average Bonchev–Trinajstić information content (AvgIpc) is 1.82. The molecule has 12 heavy (non-hydrogen) atoms. The van der Waals surface area contributed by atoms with Crippen LogP contribution in [0.2, 0.25) is 5.28 Å². The molecule has 0 saturated carbocycles. The highest BCUT2D eigenvalue weighted by Crippen LogP contribution is 2.18. The van der Waals surface area contributed by atoms with Crippen LogP contribution < -0.4 is 0 Å². The van der Waals surface area contributed by atoms with Crippen molar-refractivity contribution in [1.29, 1.82) is 0 Å². The first-order valence-electron chi connectivity index (χ1n) is 3.80. The molecule has 0 spiro atoms. The van der Waals surface area contributed by atoms with Gasteiger partial charge < -0.3 is 0 Å². The summed E-state index contributed by atoms with van der Waals surface area (Å²) in [6, 6.07) is 1.86. The molecular formula is C9H12ClN2. The lowest BCUT2D eigenvalue weighted by molar-refractivity contribution is 0.466. The number of nitrogens with zero attached hydrogens (tertiary/aromatic N) is 2. The summed E-state index contributed by atoms with van der Waals surface area (Å²) in [6.07, 6.45) is 2.48. The number of halogens is 1. The Morgan fingerprint density at radius 1 is 1.58 bits per heavy atom. The first kappa shape index (κ1) is 9.46. The van der Waals surface area contributed by atoms with Gasteiger partial charge in [-0.1, -0.05) is 13.8 Å². The predicted octanol–water partition coefficient (Wildman–Crippen LogP) is 2.53. The topological polar surface area (TPSA) is 25.8 Å². The molecule has 0 atom stereocenters. The molecule has 0 aromatic carbocycles. The van der Waals surface area contributed by atoms with Crippen LogP contribution in [0.1, 0.15) is 19.5 Å². The van der Waals surface area contributed by atoms with Crippen LogP contribution in [0.3, 0.4) is 0 Å². The van der Waals surface area contributed by atoms with Crippen molar-refractivity contribution in [2.24, 2.45) is 5.41 Å². The van der Waals surface area contributed by atoms with E-state index in [9.17, 15) is 0 Å². The molecule has 1 radical (unpaired) electrons. The van der Waals surface area contributed by atoms with Crippen molar-refractivity contribution in [3.8, 4) is 0 Å². The van der Waals surface area contributed by atoms with E-state index in [4.69, 9.17) is 11.6 Å². The van der Waals surface area contributed by atoms with Gasteiger partial charge in [0, 0.05) is 11.9 Å². The van der Waals surface area contributed by atoms with Gasteiger partial charge in [-0.25, -0.2) is 9.97 Å². The Morgan fingerprint density at radius 3 is 2.75 bits per heavy atom. The first-order chi connectivity index (χ1) is 5.47. The van der Waals surface area contributed by atoms with E-state index in [2.05, 4.69) is 30.7 Å². The smallest absolute Gasteiger partial charge is 0.222 e. The summed E-state index contributed by atoms with van der Waals surface area (Å²) >= 11 is 5.63. The molecule has 2 nitrogen and oxygen atoms in total. The van der Waals surface area contributed by atoms with Crippen LogP contribution in [-0.4, -0.2) is 9.97 Å². The van der Waals surface area contributed by atoms with Gasteiger partial charge in [0.1, 0.15) is 0 Å². The fraction of sp³-hybridized carbons (Fsp3) is 0.444. The zero-order valence-corrected chi connectivity index (χ0v) is 8.10. The third-order valence-corrected chi connectivity index (χ3v) is 1.53. The molecule has 1 aromatic heterocycles.